The Labute approximate surface area is 209 Å². The summed E-state index contributed by atoms with van der Waals surface area (Å²) < 4.78 is 6.22. The van der Waals surface area contributed by atoms with Crippen LogP contribution in [-0.4, -0.2) is 74.9 Å². The summed E-state index contributed by atoms with van der Waals surface area (Å²) in [5.74, 6) is 0. The van der Waals surface area contributed by atoms with Crippen LogP contribution in [0.2, 0.25) is 23.2 Å². The predicted molar refractivity (Wildman–Crippen MR) is 163 cm³/mol. The summed E-state index contributed by atoms with van der Waals surface area (Å²) in [7, 11) is -5.21. The Kier molecular flexibility index (Phi) is 5.83. The topological polar surface area (TPSA) is 6.48 Å². The number of fused-ring (bicyclic) bond motifs is 2. The molecule has 4 unspecified atom stereocenters. The third-order valence-electron chi connectivity index (χ3n) is 10.2. The van der Waals surface area contributed by atoms with Crippen LogP contribution in [0.5, 0.6) is 0 Å². The van der Waals surface area contributed by atoms with Crippen molar-refractivity contribution < 1.29 is 0 Å². The quantitative estimate of drug-likeness (QED) is 0.217. The summed E-state index contributed by atoms with van der Waals surface area (Å²) in [6, 6.07) is 0. The van der Waals surface area contributed by atoms with Gasteiger partial charge in [-0.1, -0.05) is 65.3 Å². The van der Waals surface area contributed by atoms with E-state index in [0.29, 0.717) is 0 Å². The molecule has 4 atom stereocenters. The maximum atomic E-state index is 3.11. The van der Waals surface area contributed by atoms with Crippen LogP contribution in [0.4, 0.5) is 0 Å². The second kappa shape index (κ2) is 7.26. The van der Waals surface area contributed by atoms with E-state index in [1.54, 1.807) is 0 Å². The number of hydrogen-bond acceptors (Lipinski definition) is 2. The normalized spacial score (nSPS) is 38.5. The molecule has 33 heavy (non-hydrogen) atoms. The Morgan fingerprint density at radius 3 is 1.24 bits per heavy atom. The number of rotatable bonds is 2. The van der Waals surface area contributed by atoms with E-state index < -0.39 is 32.0 Å². The van der Waals surface area contributed by atoms with Gasteiger partial charge in [-0.2, -0.15) is 0 Å². The van der Waals surface area contributed by atoms with Crippen LogP contribution in [0.3, 0.4) is 0 Å². The average molecular weight is 523 g/mol. The van der Waals surface area contributed by atoms with Gasteiger partial charge in [0.25, 0.3) is 0 Å². The summed E-state index contributed by atoms with van der Waals surface area (Å²) in [6.45, 7) is 36.4. The number of nitrogens with zero attached hydrogens (tertiary/aromatic N) is 2. The lowest BCUT2D eigenvalue weighted by Gasteiger charge is -2.58. The molecular weight excluding hydrogens is 470 g/mol. The van der Waals surface area contributed by atoms with Crippen molar-refractivity contribution in [2.75, 3.05) is 26.7 Å². The Morgan fingerprint density at radius 2 is 0.970 bits per heavy atom. The third-order valence-corrected chi connectivity index (χ3v) is 31.5. The van der Waals surface area contributed by atoms with E-state index in [2.05, 4.69) is 128 Å². The SMILES string of the molecule is C[SiH]1N(C(C)(C)C)P(C)(C)=C2CC=CC21C(C)(C)C12C=CCC1=P(C)(C)N(C(C)(C)C)[SiH]2C. The molecule has 0 amide bonds. The lowest BCUT2D eigenvalue weighted by Crippen LogP contribution is -2.60. The van der Waals surface area contributed by atoms with Crippen LogP contribution in [0.1, 0.15) is 68.2 Å². The van der Waals surface area contributed by atoms with Gasteiger partial charge in [0, 0.05) is 21.2 Å². The van der Waals surface area contributed by atoms with Gasteiger partial charge in [-0.3, -0.25) is 0 Å². The molecule has 0 aromatic rings. The first-order chi connectivity index (χ1) is 14.7. The van der Waals surface area contributed by atoms with Crippen LogP contribution in [0.25, 0.3) is 0 Å². The lowest BCUT2D eigenvalue weighted by atomic mass is 9.66. The van der Waals surface area contributed by atoms with Crippen molar-refractivity contribution in [1.29, 1.82) is 0 Å². The monoisotopic (exact) mass is 522 g/mol. The fourth-order valence-electron chi connectivity index (χ4n) is 10.1. The lowest BCUT2D eigenvalue weighted by molar-refractivity contribution is 0.273. The van der Waals surface area contributed by atoms with Crippen molar-refractivity contribution in [1.82, 2.24) is 8.67 Å². The minimum Gasteiger partial charge on any atom is -0.301 e. The first kappa shape index (κ1) is 26.5. The highest BCUT2D eigenvalue weighted by Crippen LogP contribution is 2.80. The fourth-order valence-corrected chi connectivity index (χ4v) is 36.9. The Hall–Kier alpha value is 0.434. The molecule has 2 aliphatic heterocycles. The van der Waals surface area contributed by atoms with Crippen LogP contribution in [0.15, 0.2) is 24.3 Å². The molecule has 0 N–H and O–H groups in total. The maximum Gasteiger partial charge on any atom is 0.128 e. The molecule has 0 saturated heterocycles. The Balaban J connectivity index is 2.03. The smallest absolute Gasteiger partial charge is 0.128 e. The summed E-state index contributed by atoms with van der Waals surface area (Å²) in [4.78, 5) is 0. The van der Waals surface area contributed by atoms with Crippen molar-refractivity contribution in [2.45, 2.75) is 102 Å². The molecule has 4 rings (SSSR count). The van der Waals surface area contributed by atoms with Gasteiger partial charge in [-0.15, -0.1) is 0 Å². The van der Waals surface area contributed by atoms with E-state index >= 15 is 0 Å². The molecule has 2 heterocycles. The molecule has 4 aliphatic rings. The molecular formula is C27H52N2P2Si2. The van der Waals surface area contributed by atoms with E-state index in [0.717, 1.165) is 0 Å². The zero-order valence-corrected chi connectivity index (χ0v) is 28.3. The van der Waals surface area contributed by atoms with E-state index in [1.807, 2.05) is 10.6 Å². The van der Waals surface area contributed by atoms with Crippen LogP contribution in [0, 0.1) is 5.41 Å². The van der Waals surface area contributed by atoms with Gasteiger partial charge < -0.3 is 8.67 Å². The van der Waals surface area contributed by atoms with Gasteiger partial charge in [0.1, 0.15) is 17.9 Å². The van der Waals surface area contributed by atoms with Gasteiger partial charge in [-0.05, 0) is 97.0 Å². The minimum absolute atomic E-state index is 0.219. The molecule has 0 spiro atoms. The molecule has 6 heteroatoms. The first-order valence-corrected chi connectivity index (χ1v) is 22.9. The molecule has 0 saturated carbocycles. The van der Waals surface area contributed by atoms with Crippen molar-refractivity contribution in [2.24, 2.45) is 5.41 Å². The second-order valence-corrected chi connectivity index (χ2v) is 28.6. The summed E-state index contributed by atoms with van der Waals surface area (Å²) in [6.07, 6.45) is 13.2. The maximum absolute atomic E-state index is 3.11. The highest BCUT2D eigenvalue weighted by Gasteiger charge is 2.71. The molecule has 188 valence electrons. The third kappa shape index (κ3) is 2.98. The largest absolute Gasteiger partial charge is 0.301 e. The Bertz CT molecular complexity index is 961. The molecule has 0 fully saturated rings. The van der Waals surface area contributed by atoms with Gasteiger partial charge in [-0.25, -0.2) is 0 Å². The van der Waals surface area contributed by atoms with Crippen LogP contribution >= 0.6 is 14.1 Å². The minimum atomic E-state index is -1.30. The van der Waals surface area contributed by atoms with Crippen LogP contribution in [-0.2, 0) is 0 Å². The molecule has 0 radical (unpaired) electrons. The van der Waals surface area contributed by atoms with E-state index in [9.17, 15) is 0 Å². The highest BCUT2D eigenvalue weighted by molar-refractivity contribution is 7.76. The zero-order chi connectivity index (χ0) is 25.2. The van der Waals surface area contributed by atoms with Crippen molar-refractivity contribution in [3.63, 3.8) is 0 Å². The van der Waals surface area contributed by atoms with Crippen molar-refractivity contribution in [3.05, 3.63) is 24.3 Å². The molecule has 0 aromatic heterocycles. The van der Waals surface area contributed by atoms with Crippen LogP contribution < -0.4 is 0 Å². The van der Waals surface area contributed by atoms with E-state index in [4.69, 9.17) is 0 Å². The van der Waals surface area contributed by atoms with E-state index in [-0.39, 0.29) is 26.6 Å². The zero-order valence-electron chi connectivity index (χ0n) is 24.2. The average Bonchev–Trinajstić information content (AvgIpc) is 3.30. The summed E-state index contributed by atoms with van der Waals surface area (Å²) >= 11 is 0. The van der Waals surface area contributed by atoms with Crippen molar-refractivity contribution >= 4 is 42.6 Å². The number of hydrogen-bond donors (Lipinski definition) is 0. The van der Waals surface area contributed by atoms with Gasteiger partial charge in [0.15, 0.2) is 0 Å². The predicted octanol–water partition coefficient (Wildman–Crippen LogP) is 7.08. The summed E-state index contributed by atoms with van der Waals surface area (Å²) in [5, 5.41) is 4.45. The summed E-state index contributed by atoms with van der Waals surface area (Å²) in [5.41, 5.74) is 0.709. The molecule has 0 aromatic carbocycles. The fraction of sp³-hybridized carbons (Fsp3) is 0.778. The standard InChI is InChI=1S/C27H52N2P2Si2/c1-23(2,3)28-30(9,10)21-17-15-19-26(21,32(28)13)25(7,8)27-20-16-18-22(27)31(11,12)29(33(27)14)24(4,5)6/h15-16,19-20,32-33H,17-18H2,1-14H3. The molecule has 2 nitrogen and oxygen atoms in total. The first-order valence-electron chi connectivity index (χ1n) is 13.1. The highest BCUT2D eigenvalue weighted by atomic mass is 31.2. The van der Waals surface area contributed by atoms with Gasteiger partial charge in [0.2, 0.25) is 0 Å². The van der Waals surface area contributed by atoms with E-state index in [1.165, 1.54) is 12.8 Å². The molecule has 0 bridgehead atoms. The van der Waals surface area contributed by atoms with Crippen molar-refractivity contribution in [3.8, 4) is 0 Å². The van der Waals surface area contributed by atoms with Gasteiger partial charge >= 0.3 is 0 Å². The second-order valence-electron chi connectivity index (χ2n) is 14.6. The Morgan fingerprint density at radius 1 is 0.667 bits per heavy atom. The molecule has 2 aliphatic carbocycles. The van der Waals surface area contributed by atoms with Gasteiger partial charge in [0.05, 0.1) is 0 Å². The number of allylic oxidation sites excluding steroid dienone is 4.